The Morgan fingerprint density at radius 1 is 1.04 bits per heavy atom. The maximum atomic E-state index is 12.2. The molecule has 0 heterocycles. The number of ether oxygens (including phenoxy) is 3. The molecule has 0 saturated heterocycles. The number of methoxy groups -OCH3 is 2. The predicted molar refractivity (Wildman–Crippen MR) is 95.5 cm³/mol. The molecule has 0 fully saturated rings. The molecule has 0 saturated carbocycles. The van der Waals surface area contributed by atoms with Gasteiger partial charge in [-0.3, -0.25) is 9.59 Å². The predicted octanol–water partition coefficient (Wildman–Crippen LogP) is 2.52. The summed E-state index contributed by atoms with van der Waals surface area (Å²) < 4.78 is 15.5. The third kappa shape index (κ3) is 5.14. The summed E-state index contributed by atoms with van der Waals surface area (Å²) in [7, 11) is 3.02. The van der Waals surface area contributed by atoms with E-state index in [0.717, 1.165) is 0 Å². The minimum absolute atomic E-state index is 0.00819. The van der Waals surface area contributed by atoms with E-state index in [1.54, 1.807) is 30.3 Å². The first kappa shape index (κ1) is 19.1. The number of anilines is 1. The Labute approximate surface area is 151 Å². The smallest absolute Gasteiger partial charge is 0.311 e. The molecule has 0 radical (unpaired) electrons. The summed E-state index contributed by atoms with van der Waals surface area (Å²) in [6.07, 6.45) is -0.957. The molecule has 138 valence electrons. The van der Waals surface area contributed by atoms with Crippen LogP contribution in [0.15, 0.2) is 42.5 Å². The first-order chi connectivity index (χ1) is 12.4. The van der Waals surface area contributed by atoms with Gasteiger partial charge in [0.25, 0.3) is 5.91 Å². The quantitative estimate of drug-likeness (QED) is 0.738. The molecule has 0 aliphatic carbocycles. The second-order valence-corrected chi connectivity index (χ2v) is 5.53. The van der Waals surface area contributed by atoms with Crippen LogP contribution < -0.4 is 14.8 Å². The third-order valence-electron chi connectivity index (χ3n) is 3.61. The number of benzene rings is 2. The van der Waals surface area contributed by atoms with Crippen molar-refractivity contribution in [3.63, 3.8) is 0 Å². The van der Waals surface area contributed by atoms with Crippen molar-refractivity contribution in [3.8, 4) is 17.2 Å². The molecule has 0 aromatic heterocycles. The molecule has 0 bridgehead atoms. The van der Waals surface area contributed by atoms with E-state index in [1.807, 2.05) is 0 Å². The van der Waals surface area contributed by atoms with Crippen molar-refractivity contribution < 1.29 is 28.9 Å². The van der Waals surface area contributed by atoms with E-state index in [4.69, 9.17) is 14.2 Å². The van der Waals surface area contributed by atoms with Crippen LogP contribution in [0.2, 0.25) is 0 Å². The van der Waals surface area contributed by atoms with Gasteiger partial charge in [-0.25, -0.2) is 0 Å². The van der Waals surface area contributed by atoms with Crippen LogP contribution >= 0.6 is 0 Å². The van der Waals surface area contributed by atoms with Crippen LogP contribution in [0.1, 0.15) is 12.5 Å². The van der Waals surface area contributed by atoms with Gasteiger partial charge >= 0.3 is 5.97 Å². The van der Waals surface area contributed by atoms with Crippen LogP contribution in [0, 0.1) is 0 Å². The molecule has 0 aliphatic heterocycles. The summed E-state index contributed by atoms with van der Waals surface area (Å²) in [6, 6.07) is 11.1. The van der Waals surface area contributed by atoms with E-state index in [-0.39, 0.29) is 12.2 Å². The number of esters is 1. The summed E-state index contributed by atoms with van der Waals surface area (Å²) in [5.74, 6) is 0.132. The lowest BCUT2D eigenvalue weighted by atomic mass is 10.1. The van der Waals surface area contributed by atoms with Crippen LogP contribution in [-0.4, -0.2) is 37.3 Å². The van der Waals surface area contributed by atoms with Gasteiger partial charge < -0.3 is 24.6 Å². The van der Waals surface area contributed by atoms with E-state index in [0.29, 0.717) is 22.7 Å². The van der Waals surface area contributed by atoms with Gasteiger partial charge in [-0.2, -0.15) is 0 Å². The molecule has 26 heavy (non-hydrogen) atoms. The van der Waals surface area contributed by atoms with Crippen LogP contribution in [0.25, 0.3) is 0 Å². The van der Waals surface area contributed by atoms with Crippen molar-refractivity contribution in [1.82, 2.24) is 0 Å². The number of amides is 1. The maximum absolute atomic E-state index is 12.2. The van der Waals surface area contributed by atoms with E-state index >= 15 is 0 Å². The highest BCUT2D eigenvalue weighted by Gasteiger charge is 2.19. The summed E-state index contributed by atoms with van der Waals surface area (Å²) in [5, 5.41) is 11.9. The van der Waals surface area contributed by atoms with Gasteiger partial charge in [0, 0.05) is 11.8 Å². The molecule has 2 N–H and O–H groups in total. The number of rotatable bonds is 7. The number of hydrogen-bond acceptors (Lipinski definition) is 6. The van der Waals surface area contributed by atoms with Gasteiger partial charge in [0.1, 0.15) is 5.75 Å². The number of phenolic OH excluding ortho intramolecular Hbond substituents is 1. The Morgan fingerprint density at radius 3 is 2.31 bits per heavy atom. The fraction of sp³-hybridized carbons (Fsp3) is 0.263. The normalized spacial score (nSPS) is 11.3. The lowest BCUT2D eigenvalue weighted by molar-refractivity contribution is -0.152. The van der Waals surface area contributed by atoms with Crippen LogP contribution in [0.3, 0.4) is 0 Å². The third-order valence-corrected chi connectivity index (χ3v) is 3.61. The zero-order chi connectivity index (χ0) is 19.1. The Morgan fingerprint density at radius 2 is 1.69 bits per heavy atom. The number of carbonyl (C=O) groups excluding carboxylic acids is 2. The van der Waals surface area contributed by atoms with Gasteiger partial charge in [-0.05, 0) is 36.8 Å². The highest BCUT2D eigenvalue weighted by atomic mass is 16.5. The topological polar surface area (TPSA) is 94.1 Å². The number of carbonyl (C=O) groups is 2. The molecular weight excluding hydrogens is 338 g/mol. The van der Waals surface area contributed by atoms with E-state index in [1.165, 1.54) is 33.3 Å². The lowest BCUT2D eigenvalue weighted by Crippen LogP contribution is -2.30. The molecule has 2 rings (SSSR count). The van der Waals surface area contributed by atoms with Crippen LogP contribution in [0.5, 0.6) is 17.2 Å². The van der Waals surface area contributed by atoms with E-state index in [2.05, 4.69) is 5.32 Å². The summed E-state index contributed by atoms with van der Waals surface area (Å²) in [4.78, 5) is 24.2. The maximum Gasteiger partial charge on any atom is 0.311 e. The van der Waals surface area contributed by atoms with Crippen molar-refractivity contribution in [1.29, 1.82) is 0 Å². The first-order valence-corrected chi connectivity index (χ1v) is 7.93. The van der Waals surface area contributed by atoms with Crippen molar-refractivity contribution in [2.45, 2.75) is 19.4 Å². The number of aromatic hydroxyl groups is 1. The van der Waals surface area contributed by atoms with Gasteiger partial charge in [0.2, 0.25) is 0 Å². The second-order valence-electron chi connectivity index (χ2n) is 5.53. The lowest BCUT2D eigenvalue weighted by Gasteiger charge is -2.15. The molecule has 0 aliphatic rings. The highest BCUT2D eigenvalue weighted by molar-refractivity contribution is 5.95. The zero-order valence-corrected chi connectivity index (χ0v) is 14.8. The van der Waals surface area contributed by atoms with Crippen molar-refractivity contribution in [2.24, 2.45) is 0 Å². The minimum Gasteiger partial charge on any atom is -0.508 e. The standard InChI is InChI=1S/C19H21NO6/c1-12(26-18(22)10-13-4-7-15(21)8-5-13)19(23)20-14-6-9-16(24-2)17(11-14)25-3/h4-9,11-12,21H,10H2,1-3H3,(H,20,23)/t12-/m0/s1. The van der Waals surface area contributed by atoms with Crippen molar-refractivity contribution in [3.05, 3.63) is 48.0 Å². The Bertz CT molecular complexity index is 772. The summed E-state index contributed by atoms with van der Waals surface area (Å²) in [6.45, 7) is 1.49. The number of nitrogens with one attached hydrogen (secondary N) is 1. The largest absolute Gasteiger partial charge is 0.508 e. The van der Waals surface area contributed by atoms with Crippen LogP contribution in [-0.2, 0) is 20.7 Å². The van der Waals surface area contributed by atoms with Gasteiger partial charge in [-0.15, -0.1) is 0 Å². The molecule has 2 aromatic rings. The first-order valence-electron chi connectivity index (χ1n) is 7.93. The second kappa shape index (κ2) is 8.75. The Hall–Kier alpha value is -3.22. The molecule has 7 heteroatoms. The fourth-order valence-electron chi connectivity index (χ4n) is 2.23. The molecule has 7 nitrogen and oxygen atoms in total. The fourth-order valence-corrected chi connectivity index (χ4v) is 2.23. The Balaban J connectivity index is 1.92. The average Bonchev–Trinajstić information content (AvgIpc) is 2.63. The highest BCUT2D eigenvalue weighted by Crippen LogP contribution is 2.29. The van der Waals surface area contributed by atoms with Crippen LogP contribution in [0.4, 0.5) is 5.69 Å². The van der Waals surface area contributed by atoms with Gasteiger partial charge in [0.05, 0.1) is 20.6 Å². The van der Waals surface area contributed by atoms with Gasteiger partial charge in [-0.1, -0.05) is 12.1 Å². The average molecular weight is 359 g/mol. The van der Waals surface area contributed by atoms with E-state index in [9.17, 15) is 14.7 Å². The molecular formula is C19H21NO6. The molecule has 0 spiro atoms. The Kier molecular flexibility index (Phi) is 6.43. The number of phenols is 1. The summed E-state index contributed by atoms with van der Waals surface area (Å²) >= 11 is 0. The zero-order valence-electron chi connectivity index (χ0n) is 14.8. The molecule has 2 aromatic carbocycles. The molecule has 0 unspecified atom stereocenters. The minimum atomic E-state index is -0.965. The van der Waals surface area contributed by atoms with Crippen molar-refractivity contribution in [2.75, 3.05) is 19.5 Å². The van der Waals surface area contributed by atoms with Crippen molar-refractivity contribution >= 4 is 17.6 Å². The SMILES string of the molecule is COc1ccc(NC(=O)[C@H](C)OC(=O)Cc2ccc(O)cc2)cc1OC. The molecule has 1 atom stereocenters. The summed E-state index contributed by atoms with van der Waals surface area (Å²) in [5.41, 5.74) is 1.18. The van der Waals surface area contributed by atoms with E-state index < -0.39 is 18.0 Å². The van der Waals surface area contributed by atoms with Gasteiger partial charge in [0.15, 0.2) is 17.6 Å². The molecule has 1 amide bonds. The number of hydrogen-bond donors (Lipinski definition) is 2. The monoisotopic (exact) mass is 359 g/mol.